The minimum absolute atomic E-state index is 0.0641. The Kier molecular flexibility index (Phi) is 45.7. The Morgan fingerprint density at radius 1 is 0.350 bits per heavy atom. The van der Waals surface area contributed by atoms with Gasteiger partial charge in [0.1, 0.15) is 13.2 Å². The average molecular weight is 849 g/mol. The number of esters is 3. The highest BCUT2D eigenvalue weighted by atomic mass is 16.6. The van der Waals surface area contributed by atoms with Gasteiger partial charge in [-0.3, -0.25) is 14.4 Å². The summed E-state index contributed by atoms with van der Waals surface area (Å²) in [6, 6.07) is 0. The van der Waals surface area contributed by atoms with Crippen molar-refractivity contribution >= 4 is 17.9 Å². The monoisotopic (exact) mass is 849 g/mol. The van der Waals surface area contributed by atoms with Gasteiger partial charge in [-0.05, 0) is 31.1 Å². The van der Waals surface area contributed by atoms with Gasteiger partial charge in [-0.1, -0.05) is 259 Å². The van der Waals surface area contributed by atoms with E-state index in [-0.39, 0.29) is 31.1 Å². The number of hydrogen-bond donors (Lipinski definition) is 0. The first-order valence-electron chi connectivity index (χ1n) is 26.8. The fourth-order valence-electron chi connectivity index (χ4n) is 8.13. The molecule has 0 N–H and O–H groups in total. The van der Waals surface area contributed by atoms with Crippen LogP contribution in [0, 0.1) is 11.8 Å². The third kappa shape index (κ3) is 45.9. The van der Waals surface area contributed by atoms with Crippen LogP contribution in [0.1, 0.15) is 298 Å². The van der Waals surface area contributed by atoms with Gasteiger partial charge in [-0.15, -0.1) is 0 Å². The standard InChI is InChI=1S/C54H104O6/c1-6-8-9-10-11-12-13-14-15-16-17-18-19-20-23-29-34-39-44-52(55)58-47-51(60-54(57)46-41-36-31-26-25-28-33-38-43-50(5)7-2)48-59-53(56)45-40-35-30-24-21-22-27-32-37-42-49(3)4/h49-51H,6-48H2,1-5H3/t50?,51-/m0/s1. The Bertz CT molecular complexity index is 918. The van der Waals surface area contributed by atoms with Crippen LogP contribution in [0.2, 0.25) is 0 Å². The molecule has 0 heterocycles. The fraction of sp³-hybridized carbons (Fsp3) is 0.944. The van der Waals surface area contributed by atoms with Crippen LogP contribution in [0.25, 0.3) is 0 Å². The Labute approximate surface area is 374 Å². The maximum Gasteiger partial charge on any atom is 0.306 e. The largest absolute Gasteiger partial charge is 0.462 e. The van der Waals surface area contributed by atoms with Crippen molar-refractivity contribution in [2.45, 2.75) is 304 Å². The van der Waals surface area contributed by atoms with Gasteiger partial charge in [-0.2, -0.15) is 0 Å². The summed E-state index contributed by atoms with van der Waals surface area (Å²) in [6.07, 6.45) is 48.0. The summed E-state index contributed by atoms with van der Waals surface area (Å²) in [5.74, 6) is 0.804. The molecule has 60 heavy (non-hydrogen) atoms. The summed E-state index contributed by atoms with van der Waals surface area (Å²) in [5.41, 5.74) is 0. The topological polar surface area (TPSA) is 78.9 Å². The Hall–Kier alpha value is -1.59. The molecule has 0 aliphatic heterocycles. The molecular weight excluding hydrogens is 745 g/mol. The van der Waals surface area contributed by atoms with Crippen LogP contribution >= 0.6 is 0 Å². The number of ether oxygens (including phenoxy) is 3. The second-order valence-corrected chi connectivity index (χ2v) is 19.2. The van der Waals surface area contributed by atoms with E-state index in [0.717, 1.165) is 69.6 Å². The van der Waals surface area contributed by atoms with Crippen LogP contribution in [0.15, 0.2) is 0 Å². The van der Waals surface area contributed by atoms with Crippen molar-refractivity contribution in [3.8, 4) is 0 Å². The summed E-state index contributed by atoms with van der Waals surface area (Å²) in [6.45, 7) is 11.4. The highest BCUT2D eigenvalue weighted by molar-refractivity contribution is 5.71. The van der Waals surface area contributed by atoms with Gasteiger partial charge < -0.3 is 14.2 Å². The molecule has 0 bridgehead atoms. The predicted octanol–water partition coefficient (Wildman–Crippen LogP) is 17.3. The first kappa shape index (κ1) is 58.4. The van der Waals surface area contributed by atoms with Crippen LogP contribution in [0.4, 0.5) is 0 Å². The molecule has 6 heteroatoms. The molecule has 0 spiro atoms. The van der Waals surface area contributed by atoms with Crippen molar-refractivity contribution in [1.82, 2.24) is 0 Å². The lowest BCUT2D eigenvalue weighted by Gasteiger charge is -2.18. The van der Waals surface area contributed by atoms with Crippen molar-refractivity contribution in [3.63, 3.8) is 0 Å². The minimum atomic E-state index is -0.762. The van der Waals surface area contributed by atoms with Gasteiger partial charge in [0.15, 0.2) is 6.10 Å². The summed E-state index contributed by atoms with van der Waals surface area (Å²) < 4.78 is 16.8. The molecule has 0 aromatic rings. The molecule has 2 atom stereocenters. The van der Waals surface area contributed by atoms with Gasteiger partial charge in [0, 0.05) is 19.3 Å². The summed E-state index contributed by atoms with van der Waals surface area (Å²) in [4.78, 5) is 38.0. The van der Waals surface area contributed by atoms with E-state index < -0.39 is 6.10 Å². The van der Waals surface area contributed by atoms with E-state index >= 15 is 0 Å². The lowest BCUT2D eigenvalue weighted by Crippen LogP contribution is -2.30. The zero-order valence-corrected chi connectivity index (χ0v) is 41.1. The summed E-state index contributed by atoms with van der Waals surface area (Å²) in [7, 11) is 0. The van der Waals surface area contributed by atoms with E-state index in [1.165, 1.54) is 186 Å². The van der Waals surface area contributed by atoms with E-state index in [9.17, 15) is 14.4 Å². The van der Waals surface area contributed by atoms with E-state index in [4.69, 9.17) is 14.2 Å². The Morgan fingerprint density at radius 2 is 0.633 bits per heavy atom. The van der Waals surface area contributed by atoms with Gasteiger partial charge in [0.25, 0.3) is 0 Å². The molecule has 1 unspecified atom stereocenters. The molecule has 356 valence electrons. The normalized spacial score (nSPS) is 12.5. The highest BCUT2D eigenvalue weighted by Gasteiger charge is 2.19. The summed E-state index contributed by atoms with van der Waals surface area (Å²) >= 11 is 0. The number of hydrogen-bond acceptors (Lipinski definition) is 6. The van der Waals surface area contributed by atoms with Crippen LogP contribution in [-0.2, 0) is 28.6 Å². The second-order valence-electron chi connectivity index (χ2n) is 19.2. The quantitative estimate of drug-likeness (QED) is 0.0345. The molecule has 0 aromatic carbocycles. The van der Waals surface area contributed by atoms with Crippen molar-refractivity contribution < 1.29 is 28.6 Å². The van der Waals surface area contributed by atoms with Crippen LogP contribution in [0.5, 0.6) is 0 Å². The Morgan fingerprint density at radius 3 is 0.950 bits per heavy atom. The van der Waals surface area contributed by atoms with E-state index in [2.05, 4.69) is 34.6 Å². The smallest absolute Gasteiger partial charge is 0.306 e. The van der Waals surface area contributed by atoms with Crippen molar-refractivity contribution in [3.05, 3.63) is 0 Å². The molecule has 0 aliphatic rings. The number of unbranched alkanes of at least 4 members (excludes halogenated alkanes) is 32. The SMILES string of the molecule is CCCCCCCCCCCCCCCCCCCCC(=O)OC[C@@H](COC(=O)CCCCCCCCCCCC(C)C)OC(=O)CCCCCCCCCCC(C)CC. The van der Waals surface area contributed by atoms with Crippen LogP contribution in [-0.4, -0.2) is 37.2 Å². The maximum atomic E-state index is 12.8. The van der Waals surface area contributed by atoms with E-state index in [0.29, 0.717) is 19.3 Å². The minimum Gasteiger partial charge on any atom is -0.462 e. The molecule has 0 aromatic heterocycles. The van der Waals surface area contributed by atoms with Gasteiger partial charge in [0.05, 0.1) is 0 Å². The molecule has 0 saturated carbocycles. The molecule has 0 rings (SSSR count). The molecular formula is C54H104O6. The highest BCUT2D eigenvalue weighted by Crippen LogP contribution is 2.18. The average Bonchev–Trinajstić information content (AvgIpc) is 3.23. The van der Waals surface area contributed by atoms with Crippen LogP contribution in [0.3, 0.4) is 0 Å². The van der Waals surface area contributed by atoms with Gasteiger partial charge in [0.2, 0.25) is 0 Å². The van der Waals surface area contributed by atoms with E-state index in [1.54, 1.807) is 0 Å². The number of carbonyl (C=O) groups is 3. The molecule has 0 fully saturated rings. The van der Waals surface area contributed by atoms with Crippen molar-refractivity contribution in [2.75, 3.05) is 13.2 Å². The molecule has 6 nitrogen and oxygen atoms in total. The van der Waals surface area contributed by atoms with Crippen LogP contribution < -0.4 is 0 Å². The number of carbonyl (C=O) groups excluding carboxylic acids is 3. The van der Waals surface area contributed by atoms with Gasteiger partial charge >= 0.3 is 17.9 Å². The lowest BCUT2D eigenvalue weighted by atomic mass is 9.99. The summed E-state index contributed by atoms with van der Waals surface area (Å²) in [5, 5.41) is 0. The zero-order valence-electron chi connectivity index (χ0n) is 41.1. The molecule has 0 saturated heterocycles. The maximum absolute atomic E-state index is 12.8. The zero-order chi connectivity index (χ0) is 44.0. The molecule has 0 radical (unpaired) electrons. The molecule has 0 amide bonds. The fourth-order valence-corrected chi connectivity index (χ4v) is 8.13. The first-order valence-corrected chi connectivity index (χ1v) is 26.8. The lowest BCUT2D eigenvalue weighted by molar-refractivity contribution is -0.167. The number of rotatable bonds is 48. The van der Waals surface area contributed by atoms with Crippen molar-refractivity contribution in [1.29, 1.82) is 0 Å². The van der Waals surface area contributed by atoms with E-state index in [1.807, 2.05) is 0 Å². The third-order valence-corrected chi connectivity index (χ3v) is 12.6. The molecule has 0 aliphatic carbocycles. The third-order valence-electron chi connectivity index (χ3n) is 12.6. The second kappa shape index (κ2) is 46.9. The predicted molar refractivity (Wildman–Crippen MR) is 256 cm³/mol. The van der Waals surface area contributed by atoms with Crippen molar-refractivity contribution in [2.24, 2.45) is 11.8 Å². The Balaban J connectivity index is 4.27. The first-order chi connectivity index (χ1) is 29.3. The van der Waals surface area contributed by atoms with Gasteiger partial charge in [-0.25, -0.2) is 0 Å².